The molecule has 27 heavy (non-hydrogen) atoms. The Kier molecular flexibility index (Phi) is 5.71. The Morgan fingerprint density at radius 2 is 1.81 bits per heavy atom. The van der Waals surface area contributed by atoms with Gasteiger partial charge in [0.15, 0.2) is 12.5 Å². The molecule has 0 radical (unpaired) electrons. The number of cyclic esters (lactones) is 1. The zero-order chi connectivity index (χ0) is 19.2. The Balaban J connectivity index is 1.67. The number of Topliss-reactive ketones (excluding diaryl/α,β-unsaturated/α-hetero) is 1. The summed E-state index contributed by atoms with van der Waals surface area (Å²) >= 11 is 0. The van der Waals surface area contributed by atoms with Crippen LogP contribution in [0.1, 0.15) is 22.3 Å². The zero-order valence-corrected chi connectivity index (χ0v) is 14.8. The second-order valence-electron chi connectivity index (χ2n) is 5.95. The van der Waals surface area contributed by atoms with Gasteiger partial charge in [-0.15, -0.1) is 0 Å². The van der Waals surface area contributed by atoms with Gasteiger partial charge in [0.25, 0.3) is 0 Å². The average Bonchev–Trinajstić information content (AvgIpc) is 3.07. The molecule has 1 fully saturated rings. The van der Waals surface area contributed by atoms with E-state index in [0.29, 0.717) is 11.3 Å². The van der Waals surface area contributed by atoms with Gasteiger partial charge in [-0.05, 0) is 17.7 Å². The van der Waals surface area contributed by atoms with Crippen molar-refractivity contribution in [2.75, 3.05) is 13.8 Å². The number of ether oxygens (including phenoxy) is 3. The third-order valence-electron chi connectivity index (χ3n) is 4.22. The molecule has 1 heterocycles. The number of nitrogens with zero attached hydrogens (tertiary/aromatic N) is 1. The predicted molar refractivity (Wildman–Crippen MR) is 95.2 cm³/mol. The van der Waals surface area contributed by atoms with E-state index >= 15 is 0 Å². The first-order valence-corrected chi connectivity index (χ1v) is 8.40. The van der Waals surface area contributed by atoms with Crippen molar-refractivity contribution in [3.63, 3.8) is 0 Å². The minimum Gasteiger partial charge on any atom is -0.496 e. The number of hydrogen-bond donors (Lipinski definition) is 0. The Morgan fingerprint density at radius 3 is 2.56 bits per heavy atom. The van der Waals surface area contributed by atoms with Gasteiger partial charge in [0.1, 0.15) is 18.4 Å². The number of methoxy groups -OCH3 is 1. The highest BCUT2D eigenvalue weighted by Gasteiger charge is 2.40. The monoisotopic (exact) mass is 369 g/mol. The fourth-order valence-electron chi connectivity index (χ4n) is 2.78. The Hall–Kier alpha value is -3.35. The fraction of sp³-hybridized carbons (Fsp3) is 0.250. The molecule has 1 atom stereocenters. The van der Waals surface area contributed by atoms with Gasteiger partial charge in [0.05, 0.1) is 12.7 Å². The molecule has 1 amide bonds. The molecule has 7 nitrogen and oxygen atoms in total. The maximum atomic E-state index is 12.6. The Labute approximate surface area is 156 Å². The van der Waals surface area contributed by atoms with Crippen LogP contribution in [0.5, 0.6) is 5.75 Å². The van der Waals surface area contributed by atoms with E-state index in [4.69, 9.17) is 14.2 Å². The number of esters is 1. The van der Waals surface area contributed by atoms with E-state index in [1.54, 1.807) is 24.3 Å². The number of amides is 1. The molecular formula is C20H19NO6. The SMILES string of the molecule is COc1ccccc1C(=O)C[C@H]1C(=O)OCN1C(=O)OCc1ccccc1. The molecule has 0 spiro atoms. The van der Waals surface area contributed by atoms with Crippen LogP contribution in [0.15, 0.2) is 54.6 Å². The molecule has 140 valence electrons. The highest BCUT2D eigenvalue weighted by molar-refractivity contribution is 6.01. The number of para-hydroxylation sites is 1. The maximum Gasteiger partial charge on any atom is 0.413 e. The van der Waals surface area contributed by atoms with Gasteiger partial charge in [-0.1, -0.05) is 42.5 Å². The highest BCUT2D eigenvalue weighted by Crippen LogP contribution is 2.23. The van der Waals surface area contributed by atoms with Crippen molar-refractivity contribution in [2.24, 2.45) is 0 Å². The molecule has 1 saturated heterocycles. The van der Waals surface area contributed by atoms with Gasteiger partial charge < -0.3 is 14.2 Å². The second-order valence-corrected chi connectivity index (χ2v) is 5.95. The molecular weight excluding hydrogens is 350 g/mol. The third kappa shape index (κ3) is 4.25. The van der Waals surface area contributed by atoms with Crippen molar-refractivity contribution in [3.8, 4) is 5.75 Å². The van der Waals surface area contributed by atoms with Gasteiger partial charge in [-0.3, -0.25) is 9.69 Å². The van der Waals surface area contributed by atoms with Crippen LogP contribution >= 0.6 is 0 Å². The topological polar surface area (TPSA) is 82.1 Å². The predicted octanol–water partition coefficient (Wildman–Crippen LogP) is 2.79. The van der Waals surface area contributed by atoms with E-state index in [1.807, 2.05) is 30.3 Å². The highest BCUT2D eigenvalue weighted by atomic mass is 16.6. The summed E-state index contributed by atoms with van der Waals surface area (Å²) in [5.41, 5.74) is 1.16. The standard InChI is InChI=1S/C20H19NO6/c1-25-18-10-6-5-9-15(18)17(22)11-16-19(23)27-13-21(16)20(24)26-12-14-7-3-2-4-8-14/h2-10,16H,11-13H2,1H3/t16-/m0/s1. The van der Waals surface area contributed by atoms with Crippen LogP contribution in [0.2, 0.25) is 0 Å². The summed E-state index contributed by atoms with van der Waals surface area (Å²) in [5.74, 6) is -0.542. The smallest absolute Gasteiger partial charge is 0.413 e. The van der Waals surface area contributed by atoms with E-state index in [0.717, 1.165) is 10.5 Å². The van der Waals surface area contributed by atoms with Crippen molar-refractivity contribution >= 4 is 17.8 Å². The number of hydrogen-bond acceptors (Lipinski definition) is 6. The molecule has 0 N–H and O–H groups in total. The lowest BCUT2D eigenvalue weighted by Crippen LogP contribution is -2.39. The summed E-state index contributed by atoms with van der Waals surface area (Å²) in [6.07, 6.45) is -0.915. The third-order valence-corrected chi connectivity index (χ3v) is 4.22. The number of carbonyl (C=O) groups excluding carboxylic acids is 3. The average molecular weight is 369 g/mol. The number of carbonyl (C=O) groups is 3. The van der Waals surface area contributed by atoms with Crippen LogP contribution in [-0.2, 0) is 20.9 Å². The zero-order valence-electron chi connectivity index (χ0n) is 14.8. The van der Waals surface area contributed by atoms with Crippen molar-refractivity contribution in [1.29, 1.82) is 0 Å². The van der Waals surface area contributed by atoms with Crippen molar-refractivity contribution < 1.29 is 28.6 Å². The molecule has 2 aromatic rings. The summed E-state index contributed by atoms with van der Waals surface area (Å²) in [4.78, 5) is 38.1. The lowest BCUT2D eigenvalue weighted by Gasteiger charge is -2.19. The van der Waals surface area contributed by atoms with Crippen molar-refractivity contribution in [3.05, 3.63) is 65.7 Å². The molecule has 0 aromatic heterocycles. The molecule has 0 saturated carbocycles. The maximum absolute atomic E-state index is 12.6. The molecule has 0 bridgehead atoms. The van der Waals surface area contributed by atoms with Crippen molar-refractivity contribution in [2.45, 2.75) is 19.1 Å². The molecule has 0 aliphatic carbocycles. The number of rotatable bonds is 6. The van der Waals surface area contributed by atoms with Crippen LogP contribution < -0.4 is 4.74 Å². The van der Waals surface area contributed by atoms with Crippen molar-refractivity contribution in [1.82, 2.24) is 4.90 Å². The lowest BCUT2D eigenvalue weighted by molar-refractivity contribution is -0.139. The molecule has 1 aliphatic heterocycles. The summed E-state index contributed by atoms with van der Waals surface area (Å²) in [7, 11) is 1.46. The molecule has 0 unspecified atom stereocenters. The van der Waals surface area contributed by atoms with Gasteiger partial charge >= 0.3 is 12.1 Å². The first-order chi connectivity index (χ1) is 13.1. The Morgan fingerprint density at radius 1 is 1.11 bits per heavy atom. The van der Waals surface area contributed by atoms with E-state index in [-0.39, 0.29) is 25.5 Å². The largest absolute Gasteiger partial charge is 0.496 e. The Bertz CT molecular complexity index is 835. The van der Waals surface area contributed by atoms with Gasteiger partial charge in [-0.2, -0.15) is 0 Å². The normalized spacial score (nSPS) is 16.0. The molecule has 3 rings (SSSR count). The van der Waals surface area contributed by atoms with E-state index < -0.39 is 18.1 Å². The summed E-state index contributed by atoms with van der Waals surface area (Å²) < 4.78 is 15.4. The number of ketones is 1. The van der Waals surface area contributed by atoms with E-state index in [9.17, 15) is 14.4 Å². The second kappa shape index (κ2) is 8.35. The summed E-state index contributed by atoms with van der Waals surface area (Å²) in [6, 6.07) is 14.9. The van der Waals surface area contributed by atoms with E-state index in [1.165, 1.54) is 7.11 Å². The summed E-state index contributed by atoms with van der Waals surface area (Å²) in [5, 5.41) is 0. The van der Waals surface area contributed by atoms with Gasteiger partial charge in [0.2, 0.25) is 0 Å². The van der Waals surface area contributed by atoms with Crippen LogP contribution in [0, 0.1) is 0 Å². The minimum absolute atomic E-state index is 0.0670. The van der Waals surface area contributed by atoms with Crippen LogP contribution in [0.4, 0.5) is 4.79 Å². The van der Waals surface area contributed by atoms with Gasteiger partial charge in [0, 0.05) is 6.42 Å². The van der Waals surface area contributed by atoms with Crippen LogP contribution in [0.25, 0.3) is 0 Å². The van der Waals surface area contributed by atoms with E-state index in [2.05, 4.69) is 0 Å². The molecule has 2 aromatic carbocycles. The first kappa shape index (κ1) is 18.4. The first-order valence-electron chi connectivity index (χ1n) is 8.40. The number of benzene rings is 2. The van der Waals surface area contributed by atoms with Gasteiger partial charge in [-0.25, -0.2) is 9.59 Å². The lowest BCUT2D eigenvalue weighted by atomic mass is 10.0. The fourth-order valence-corrected chi connectivity index (χ4v) is 2.78. The van der Waals surface area contributed by atoms with Crippen LogP contribution in [0.3, 0.4) is 0 Å². The summed E-state index contributed by atoms with van der Waals surface area (Å²) in [6.45, 7) is -0.173. The quantitative estimate of drug-likeness (QED) is 0.575. The molecule has 1 aliphatic rings. The van der Waals surface area contributed by atoms with Crippen LogP contribution in [-0.4, -0.2) is 42.6 Å². The molecule has 7 heteroatoms. The minimum atomic E-state index is -1.02.